The molecule has 0 bridgehead atoms. The van der Waals surface area contributed by atoms with Gasteiger partial charge in [0.05, 0.1) is 23.6 Å². The number of anilines is 2. The number of nitrogen functional groups attached to an aromatic ring is 1. The van der Waals surface area contributed by atoms with Crippen molar-refractivity contribution in [1.29, 1.82) is 0 Å². The molecule has 0 spiro atoms. The number of aromatic nitrogens is 3. The van der Waals surface area contributed by atoms with Crippen LogP contribution in [0.15, 0.2) is 12.1 Å². The van der Waals surface area contributed by atoms with Gasteiger partial charge in [-0.25, -0.2) is 14.1 Å². The molecule has 17 heavy (non-hydrogen) atoms. The lowest BCUT2D eigenvalue weighted by atomic mass is 10.1. The standard InChI is InChI=1S/C11H12FN5/c1-6-14-10-5-16(2)11-8(13)3-7(12)4-9(11)17(10)15-6/h3-4H,5,13H2,1-2H3. The number of rotatable bonds is 0. The maximum atomic E-state index is 13.4. The minimum atomic E-state index is -0.365. The number of nitrogens with two attached hydrogens (primary N) is 1. The molecule has 0 atom stereocenters. The van der Waals surface area contributed by atoms with Gasteiger partial charge < -0.3 is 10.6 Å². The molecule has 0 saturated heterocycles. The van der Waals surface area contributed by atoms with Gasteiger partial charge >= 0.3 is 0 Å². The van der Waals surface area contributed by atoms with Crippen molar-refractivity contribution in [1.82, 2.24) is 14.8 Å². The van der Waals surface area contributed by atoms with Gasteiger partial charge in [-0.05, 0) is 13.0 Å². The summed E-state index contributed by atoms with van der Waals surface area (Å²) < 4.78 is 15.1. The van der Waals surface area contributed by atoms with E-state index in [2.05, 4.69) is 10.1 Å². The van der Waals surface area contributed by atoms with Gasteiger partial charge in [-0.1, -0.05) is 0 Å². The van der Waals surface area contributed by atoms with Crippen LogP contribution in [0.1, 0.15) is 11.6 Å². The molecule has 0 amide bonds. The van der Waals surface area contributed by atoms with Crippen LogP contribution in [0, 0.1) is 12.7 Å². The fourth-order valence-electron chi connectivity index (χ4n) is 2.23. The van der Waals surface area contributed by atoms with Crippen LogP contribution < -0.4 is 10.6 Å². The molecule has 0 fully saturated rings. The van der Waals surface area contributed by atoms with Crippen molar-refractivity contribution >= 4 is 11.4 Å². The largest absolute Gasteiger partial charge is 0.397 e. The summed E-state index contributed by atoms with van der Waals surface area (Å²) in [4.78, 5) is 6.26. The van der Waals surface area contributed by atoms with E-state index in [1.807, 2.05) is 18.9 Å². The molecule has 1 aliphatic rings. The minimum absolute atomic E-state index is 0.365. The summed E-state index contributed by atoms with van der Waals surface area (Å²) in [6.07, 6.45) is 0. The van der Waals surface area contributed by atoms with Gasteiger partial charge in [0.2, 0.25) is 0 Å². The first-order valence-electron chi connectivity index (χ1n) is 5.29. The molecule has 5 nitrogen and oxygen atoms in total. The van der Waals surface area contributed by atoms with Crippen molar-refractivity contribution in [2.24, 2.45) is 0 Å². The van der Waals surface area contributed by atoms with Crippen LogP contribution in [0.5, 0.6) is 0 Å². The molecule has 0 aliphatic carbocycles. The molecular formula is C11H12FN5. The topological polar surface area (TPSA) is 60.0 Å². The van der Waals surface area contributed by atoms with Crippen molar-refractivity contribution < 1.29 is 4.39 Å². The van der Waals surface area contributed by atoms with Gasteiger partial charge in [0.25, 0.3) is 0 Å². The molecule has 88 valence electrons. The molecule has 3 rings (SSSR count). The van der Waals surface area contributed by atoms with Gasteiger partial charge in [0.15, 0.2) is 5.82 Å². The summed E-state index contributed by atoms with van der Waals surface area (Å²) >= 11 is 0. The Bertz CT molecular complexity index is 604. The van der Waals surface area contributed by atoms with E-state index in [4.69, 9.17) is 5.73 Å². The third-order valence-electron chi connectivity index (χ3n) is 2.85. The SMILES string of the molecule is Cc1nc2n(n1)-c1cc(F)cc(N)c1N(C)C2. The molecule has 1 aliphatic heterocycles. The zero-order chi connectivity index (χ0) is 12.2. The Balaban J connectivity index is 2.33. The summed E-state index contributed by atoms with van der Waals surface area (Å²) in [5, 5.41) is 4.27. The van der Waals surface area contributed by atoms with E-state index in [-0.39, 0.29) is 5.82 Å². The molecular weight excluding hydrogens is 221 g/mol. The lowest BCUT2D eigenvalue weighted by Crippen LogP contribution is -2.27. The number of nitrogens with zero attached hydrogens (tertiary/aromatic N) is 4. The van der Waals surface area contributed by atoms with Crippen LogP contribution in [-0.2, 0) is 6.54 Å². The van der Waals surface area contributed by atoms with Gasteiger partial charge in [-0.2, -0.15) is 5.10 Å². The monoisotopic (exact) mass is 233 g/mol. The van der Waals surface area contributed by atoms with Gasteiger partial charge in [0.1, 0.15) is 11.6 Å². The first-order chi connectivity index (χ1) is 8.06. The second-order valence-electron chi connectivity index (χ2n) is 4.21. The summed E-state index contributed by atoms with van der Waals surface area (Å²) in [6.45, 7) is 2.43. The van der Waals surface area contributed by atoms with Gasteiger partial charge in [-0.3, -0.25) is 0 Å². The molecule has 2 aromatic rings. The van der Waals surface area contributed by atoms with E-state index < -0.39 is 0 Å². The molecule has 1 aromatic carbocycles. The zero-order valence-electron chi connectivity index (χ0n) is 9.61. The molecule has 0 saturated carbocycles. The number of benzene rings is 1. The van der Waals surface area contributed by atoms with Crippen LogP contribution in [0.3, 0.4) is 0 Å². The molecule has 2 N–H and O–H groups in total. The van der Waals surface area contributed by atoms with E-state index in [1.54, 1.807) is 4.68 Å². The lowest BCUT2D eigenvalue weighted by molar-refractivity contribution is 0.622. The highest BCUT2D eigenvalue weighted by atomic mass is 19.1. The van der Waals surface area contributed by atoms with Crippen LogP contribution in [0.2, 0.25) is 0 Å². The normalized spacial score (nSPS) is 13.5. The van der Waals surface area contributed by atoms with Crippen molar-refractivity contribution in [2.75, 3.05) is 17.7 Å². The number of aryl methyl sites for hydroxylation is 1. The average Bonchev–Trinajstić information content (AvgIpc) is 2.57. The maximum absolute atomic E-state index is 13.4. The predicted molar refractivity (Wildman–Crippen MR) is 62.6 cm³/mol. The van der Waals surface area contributed by atoms with Crippen molar-refractivity contribution in [3.63, 3.8) is 0 Å². The van der Waals surface area contributed by atoms with Crippen molar-refractivity contribution in [3.8, 4) is 5.69 Å². The van der Waals surface area contributed by atoms with Crippen LogP contribution >= 0.6 is 0 Å². The van der Waals surface area contributed by atoms with E-state index in [1.165, 1.54) is 12.1 Å². The molecule has 2 heterocycles. The Morgan fingerprint density at radius 1 is 1.41 bits per heavy atom. The van der Waals surface area contributed by atoms with Gasteiger partial charge in [-0.15, -0.1) is 0 Å². The Labute approximate surface area is 97.7 Å². The Morgan fingerprint density at radius 3 is 2.94 bits per heavy atom. The van der Waals surface area contributed by atoms with E-state index in [0.29, 0.717) is 23.7 Å². The Kier molecular flexibility index (Phi) is 1.89. The molecule has 1 aromatic heterocycles. The summed E-state index contributed by atoms with van der Waals surface area (Å²) in [5.41, 5.74) is 7.71. The average molecular weight is 233 g/mol. The number of halogens is 1. The summed E-state index contributed by atoms with van der Waals surface area (Å²) in [7, 11) is 1.90. The van der Waals surface area contributed by atoms with Gasteiger partial charge in [0, 0.05) is 13.1 Å². The van der Waals surface area contributed by atoms with E-state index in [0.717, 1.165) is 11.5 Å². The van der Waals surface area contributed by atoms with E-state index in [9.17, 15) is 4.39 Å². The second kappa shape index (κ2) is 3.19. The number of fused-ring (bicyclic) bond motifs is 3. The number of hydrogen-bond acceptors (Lipinski definition) is 4. The third kappa shape index (κ3) is 1.37. The zero-order valence-corrected chi connectivity index (χ0v) is 9.61. The highest BCUT2D eigenvalue weighted by Crippen LogP contribution is 2.35. The first kappa shape index (κ1) is 10.1. The highest BCUT2D eigenvalue weighted by Gasteiger charge is 2.24. The van der Waals surface area contributed by atoms with Crippen LogP contribution in [0.25, 0.3) is 5.69 Å². The fraction of sp³-hybridized carbons (Fsp3) is 0.273. The quantitative estimate of drug-likeness (QED) is 0.696. The van der Waals surface area contributed by atoms with Crippen molar-refractivity contribution in [2.45, 2.75) is 13.5 Å². The van der Waals surface area contributed by atoms with Crippen LogP contribution in [0.4, 0.5) is 15.8 Å². The minimum Gasteiger partial charge on any atom is -0.397 e. The fourth-order valence-corrected chi connectivity index (χ4v) is 2.23. The predicted octanol–water partition coefficient (Wildman–Crippen LogP) is 1.25. The molecule has 0 radical (unpaired) electrons. The van der Waals surface area contributed by atoms with Crippen LogP contribution in [-0.4, -0.2) is 21.8 Å². The Morgan fingerprint density at radius 2 is 2.18 bits per heavy atom. The first-order valence-corrected chi connectivity index (χ1v) is 5.29. The number of hydrogen-bond donors (Lipinski definition) is 1. The summed E-state index contributed by atoms with van der Waals surface area (Å²) in [6, 6.07) is 2.75. The highest BCUT2D eigenvalue weighted by molar-refractivity contribution is 5.78. The Hall–Kier alpha value is -2.11. The molecule has 0 unspecified atom stereocenters. The maximum Gasteiger partial charge on any atom is 0.152 e. The van der Waals surface area contributed by atoms with E-state index >= 15 is 0 Å². The second-order valence-corrected chi connectivity index (χ2v) is 4.21. The third-order valence-corrected chi connectivity index (χ3v) is 2.85. The summed E-state index contributed by atoms with van der Waals surface area (Å²) in [5.74, 6) is 1.10. The lowest BCUT2D eigenvalue weighted by Gasteiger charge is -2.28. The van der Waals surface area contributed by atoms with Crippen molar-refractivity contribution in [3.05, 3.63) is 29.6 Å². The smallest absolute Gasteiger partial charge is 0.152 e. The molecule has 6 heteroatoms.